The summed E-state index contributed by atoms with van der Waals surface area (Å²) in [6.45, 7) is 1.20. The number of rotatable bonds is 2. The number of halogens is 3. The Labute approximate surface area is 175 Å². The number of aromatic nitrogens is 3. The van der Waals surface area contributed by atoms with Crippen molar-refractivity contribution in [3.63, 3.8) is 0 Å². The zero-order valence-electron chi connectivity index (χ0n) is 16.5. The van der Waals surface area contributed by atoms with Crippen molar-refractivity contribution in [2.75, 3.05) is 19.9 Å². The van der Waals surface area contributed by atoms with Crippen LogP contribution >= 0.6 is 0 Å². The molecule has 3 aromatic rings. The van der Waals surface area contributed by atoms with Crippen LogP contribution in [0.2, 0.25) is 0 Å². The van der Waals surface area contributed by atoms with Gasteiger partial charge in [-0.25, -0.2) is 9.50 Å². The molecule has 1 amide bonds. The molecule has 162 valence electrons. The van der Waals surface area contributed by atoms with Gasteiger partial charge in [-0.15, -0.1) is 0 Å². The Hall–Kier alpha value is -3.30. The predicted molar refractivity (Wildman–Crippen MR) is 104 cm³/mol. The Morgan fingerprint density at radius 2 is 1.74 bits per heavy atom. The minimum Gasteiger partial charge on any atom is -0.454 e. The number of fused-ring (bicyclic) bond motifs is 2. The van der Waals surface area contributed by atoms with Crippen LogP contribution in [-0.2, 0) is 6.18 Å². The first-order valence-corrected chi connectivity index (χ1v) is 10.1. The summed E-state index contributed by atoms with van der Waals surface area (Å²) < 4.78 is 52.8. The SMILES string of the molecule is O=C(c1cnn2c(C(F)(F)F)cc(-c3ccc4c(c3)OCO4)nc12)N1CCCCCC1. The van der Waals surface area contributed by atoms with E-state index in [2.05, 4.69) is 10.1 Å². The summed E-state index contributed by atoms with van der Waals surface area (Å²) in [5.74, 6) is 0.602. The van der Waals surface area contributed by atoms with E-state index in [1.807, 2.05) is 0 Å². The van der Waals surface area contributed by atoms with Gasteiger partial charge in [0.25, 0.3) is 5.91 Å². The normalized spacial score (nSPS) is 16.5. The molecule has 31 heavy (non-hydrogen) atoms. The van der Waals surface area contributed by atoms with E-state index in [4.69, 9.17) is 9.47 Å². The highest BCUT2D eigenvalue weighted by molar-refractivity contribution is 6.00. The lowest BCUT2D eigenvalue weighted by Gasteiger charge is -2.19. The summed E-state index contributed by atoms with van der Waals surface area (Å²) in [6, 6.07) is 5.74. The number of carbonyl (C=O) groups is 1. The van der Waals surface area contributed by atoms with Crippen LogP contribution in [0.15, 0.2) is 30.5 Å². The minimum atomic E-state index is -4.68. The molecule has 5 rings (SSSR count). The van der Waals surface area contributed by atoms with Crippen LogP contribution in [0.5, 0.6) is 11.5 Å². The van der Waals surface area contributed by atoms with Crippen LogP contribution in [0.3, 0.4) is 0 Å². The first-order chi connectivity index (χ1) is 14.9. The molecular formula is C21H19F3N4O3. The molecule has 10 heteroatoms. The Morgan fingerprint density at radius 1 is 1.00 bits per heavy atom. The van der Waals surface area contributed by atoms with Crippen LogP contribution in [0, 0.1) is 0 Å². The van der Waals surface area contributed by atoms with Crippen molar-refractivity contribution >= 4 is 11.6 Å². The van der Waals surface area contributed by atoms with Crippen molar-refractivity contribution in [3.05, 3.63) is 41.7 Å². The van der Waals surface area contributed by atoms with Gasteiger partial charge in [0.2, 0.25) is 6.79 Å². The van der Waals surface area contributed by atoms with Crippen LogP contribution in [0.1, 0.15) is 41.7 Å². The lowest BCUT2D eigenvalue weighted by atomic mass is 10.1. The average molecular weight is 432 g/mol. The van der Waals surface area contributed by atoms with Gasteiger partial charge in [0.15, 0.2) is 22.8 Å². The maximum atomic E-state index is 13.8. The topological polar surface area (TPSA) is 69.0 Å². The van der Waals surface area contributed by atoms with E-state index >= 15 is 0 Å². The number of ether oxygens (including phenoxy) is 2. The second kappa shape index (κ2) is 7.44. The average Bonchev–Trinajstić information content (AvgIpc) is 3.30. The summed E-state index contributed by atoms with van der Waals surface area (Å²) in [5, 5.41) is 3.86. The molecule has 0 N–H and O–H groups in total. The van der Waals surface area contributed by atoms with Crippen molar-refractivity contribution in [2.24, 2.45) is 0 Å². The fourth-order valence-electron chi connectivity index (χ4n) is 3.96. The second-order valence-corrected chi connectivity index (χ2v) is 7.59. The number of likely N-dealkylation sites (tertiary alicyclic amines) is 1. The fraction of sp³-hybridized carbons (Fsp3) is 0.381. The van der Waals surface area contributed by atoms with Gasteiger partial charge in [-0.05, 0) is 37.1 Å². The van der Waals surface area contributed by atoms with Crippen molar-refractivity contribution < 1.29 is 27.4 Å². The number of nitrogens with zero attached hydrogens (tertiary/aromatic N) is 4. The van der Waals surface area contributed by atoms with Crippen molar-refractivity contribution in [3.8, 4) is 22.8 Å². The first-order valence-electron chi connectivity index (χ1n) is 10.1. The lowest BCUT2D eigenvalue weighted by molar-refractivity contribution is -0.142. The van der Waals surface area contributed by atoms with Gasteiger partial charge in [0, 0.05) is 18.7 Å². The minimum absolute atomic E-state index is 0.0517. The highest BCUT2D eigenvalue weighted by atomic mass is 19.4. The molecule has 1 aromatic carbocycles. The molecule has 0 aliphatic carbocycles. The van der Waals surface area contributed by atoms with Gasteiger partial charge >= 0.3 is 6.18 Å². The van der Waals surface area contributed by atoms with Crippen LogP contribution < -0.4 is 9.47 Å². The van der Waals surface area contributed by atoms with Crippen LogP contribution in [0.25, 0.3) is 16.9 Å². The highest BCUT2D eigenvalue weighted by Gasteiger charge is 2.36. The number of alkyl halides is 3. The summed E-state index contributed by atoms with van der Waals surface area (Å²) >= 11 is 0. The van der Waals surface area contributed by atoms with Gasteiger partial charge < -0.3 is 14.4 Å². The molecule has 2 aliphatic heterocycles. The lowest BCUT2D eigenvalue weighted by Crippen LogP contribution is -2.31. The third kappa shape index (κ3) is 3.55. The van der Waals surface area contributed by atoms with E-state index in [9.17, 15) is 18.0 Å². The number of carbonyl (C=O) groups excluding carboxylic acids is 1. The molecule has 0 saturated carbocycles. The number of hydrogen-bond donors (Lipinski definition) is 0. The zero-order chi connectivity index (χ0) is 21.6. The van der Waals surface area contributed by atoms with Crippen molar-refractivity contribution in [1.82, 2.24) is 19.5 Å². The molecule has 7 nitrogen and oxygen atoms in total. The Morgan fingerprint density at radius 3 is 2.48 bits per heavy atom. The third-order valence-electron chi connectivity index (χ3n) is 5.55. The van der Waals surface area contributed by atoms with E-state index in [1.165, 1.54) is 6.20 Å². The molecule has 0 radical (unpaired) electrons. The smallest absolute Gasteiger partial charge is 0.433 e. The predicted octanol–water partition coefficient (Wildman–Crippen LogP) is 4.16. The van der Waals surface area contributed by atoms with Crippen LogP contribution in [0.4, 0.5) is 13.2 Å². The summed E-state index contributed by atoms with van der Waals surface area (Å²) in [7, 11) is 0. The maximum absolute atomic E-state index is 13.8. The monoisotopic (exact) mass is 432 g/mol. The van der Waals surface area contributed by atoms with E-state index < -0.39 is 11.9 Å². The maximum Gasteiger partial charge on any atom is 0.433 e. The highest BCUT2D eigenvalue weighted by Crippen LogP contribution is 2.37. The van der Waals surface area contributed by atoms with Gasteiger partial charge in [0.1, 0.15) is 5.56 Å². The molecule has 1 saturated heterocycles. The number of benzene rings is 1. The van der Waals surface area contributed by atoms with Gasteiger partial charge in [-0.1, -0.05) is 12.8 Å². The fourth-order valence-corrected chi connectivity index (χ4v) is 3.96. The third-order valence-corrected chi connectivity index (χ3v) is 5.55. The van der Waals surface area contributed by atoms with Crippen molar-refractivity contribution in [2.45, 2.75) is 31.9 Å². The number of hydrogen-bond acceptors (Lipinski definition) is 5. The molecule has 2 aliphatic rings. The molecule has 0 bridgehead atoms. The molecule has 2 aromatic heterocycles. The standard InChI is InChI=1S/C21H19F3N4O3/c22-21(23,24)18-10-15(13-5-6-16-17(9-13)31-12-30-16)26-19-14(11-25-28(18)19)20(29)27-7-3-1-2-4-8-27/h5-6,9-11H,1-4,7-8,12H2. The van der Waals surface area contributed by atoms with E-state index in [1.54, 1.807) is 23.1 Å². The zero-order valence-corrected chi connectivity index (χ0v) is 16.5. The molecule has 0 unspecified atom stereocenters. The van der Waals surface area contributed by atoms with Gasteiger partial charge in [-0.2, -0.15) is 18.3 Å². The first kappa shape index (κ1) is 19.7. The number of amides is 1. The summed E-state index contributed by atoms with van der Waals surface area (Å²) in [4.78, 5) is 19.2. The van der Waals surface area contributed by atoms with E-state index in [-0.39, 0.29) is 29.6 Å². The summed E-state index contributed by atoms with van der Waals surface area (Å²) in [5.41, 5.74) is -0.554. The quantitative estimate of drug-likeness (QED) is 0.608. The van der Waals surface area contributed by atoms with Gasteiger partial charge in [-0.3, -0.25) is 4.79 Å². The second-order valence-electron chi connectivity index (χ2n) is 7.59. The molecule has 4 heterocycles. The van der Waals surface area contributed by atoms with Crippen LogP contribution in [-0.4, -0.2) is 45.3 Å². The molecule has 1 fully saturated rings. The Bertz CT molecular complexity index is 1150. The van der Waals surface area contributed by atoms with Crippen molar-refractivity contribution in [1.29, 1.82) is 0 Å². The van der Waals surface area contributed by atoms with E-state index in [0.29, 0.717) is 34.7 Å². The van der Waals surface area contributed by atoms with Gasteiger partial charge in [0.05, 0.1) is 11.9 Å². The largest absolute Gasteiger partial charge is 0.454 e. The molecular weight excluding hydrogens is 413 g/mol. The molecule has 0 spiro atoms. The molecule has 0 atom stereocenters. The van der Waals surface area contributed by atoms with E-state index in [0.717, 1.165) is 31.7 Å². The Kier molecular flexibility index (Phi) is 4.71. The Balaban J connectivity index is 1.64. The summed E-state index contributed by atoms with van der Waals surface area (Å²) in [6.07, 6.45) is 0.297.